The Labute approximate surface area is 186 Å². The summed E-state index contributed by atoms with van der Waals surface area (Å²) in [6.07, 6.45) is 39.7. The zero-order valence-electron chi connectivity index (χ0n) is 20.2. The van der Waals surface area contributed by atoms with Crippen molar-refractivity contribution in [2.45, 2.75) is 161 Å². The Kier molecular flexibility index (Phi) is 27.5. The molecule has 0 saturated carbocycles. The maximum Gasteiger partial charge on any atom is -0.0351 e. The summed E-state index contributed by atoms with van der Waals surface area (Å²) < 4.78 is 0. The highest BCUT2D eigenvalue weighted by atomic mass is 14.0. The van der Waals surface area contributed by atoms with Crippen LogP contribution in [-0.2, 0) is 0 Å². The lowest BCUT2D eigenvalue weighted by Gasteiger charge is -2.03. The number of allylic oxidation sites excluding steroid dienone is 2. The van der Waals surface area contributed by atoms with Crippen molar-refractivity contribution < 1.29 is 0 Å². The third kappa shape index (κ3) is 27.7. The molecule has 2 radical (unpaired) electrons. The molecule has 0 bridgehead atoms. The molecule has 0 aromatic carbocycles. The van der Waals surface area contributed by atoms with Crippen LogP contribution in [0.15, 0.2) is 12.2 Å². The topological polar surface area (TPSA) is 0 Å². The summed E-state index contributed by atoms with van der Waals surface area (Å²) in [4.78, 5) is 0. The highest BCUT2D eigenvalue weighted by Crippen LogP contribution is 2.14. The summed E-state index contributed by atoms with van der Waals surface area (Å²) in [5, 5.41) is 0. The van der Waals surface area contributed by atoms with E-state index in [0.29, 0.717) is 0 Å². The normalized spacial score (nSPS) is 11.7. The standard InChI is InChI=1S/C29H56/c1-3-5-7-9-11-13-15-17-19-21-23-25-27-29-28-26-24-22-20-18-16-14-12-10-8-6-4-2/h19,21H,1-18,20,22-29H2/b21-19+. The molecule has 0 aromatic heterocycles. The molecule has 0 aliphatic heterocycles. The second-order valence-electron chi connectivity index (χ2n) is 9.18. The second-order valence-corrected chi connectivity index (χ2v) is 9.18. The molecule has 0 unspecified atom stereocenters. The van der Waals surface area contributed by atoms with Crippen LogP contribution >= 0.6 is 0 Å². The van der Waals surface area contributed by atoms with Gasteiger partial charge in [-0.15, -0.1) is 0 Å². The molecule has 0 heterocycles. The second kappa shape index (κ2) is 27.7. The van der Waals surface area contributed by atoms with E-state index in [4.69, 9.17) is 0 Å². The molecule has 0 nitrogen and oxygen atoms in total. The van der Waals surface area contributed by atoms with Gasteiger partial charge in [-0.25, -0.2) is 0 Å². The van der Waals surface area contributed by atoms with Crippen LogP contribution in [0.4, 0.5) is 0 Å². The van der Waals surface area contributed by atoms with Crippen LogP contribution in [0.2, 0.25) is 0 Å². The van der Waals surface area contributed by atoms with E-state index in [2.05, 4.69) is 26.0 Å². The van der Waals surface area contributed by atoms with Crippen molar-refractivity contribution in [3.8, 4) is 0 Å². The summed E-state index contributed by atoms with van der Waals surface area (Å²) in [5.74, 6) is 0. The molecule has 0 spiro atoms. The summed E-state index contributed by atoms with van der Waals surface area (Å²) >= 11 is 0. The maximum absolute atomic E-state index is 3.91. The number of hydrogen-bond donors (Lipinski definition) is 0. The average molecular weight is 405 g/mol. The third-order valence-electron chi connectivity index (χ3n) is 6.16. The Morgan fingerprint density at radius 2 is 0.483 bits per heavy atom. The molecule has 0 heteroatoms. The van der Waals surface area contributed by atoms with Crippen LogP contribution in [0, 0.1) is 13.8 Å². The smallest absolute Gasteiger partial charge is 0.0351 e. The minimum Gasteiger partial charge on any atom is -0.0885 e. The molecule has 0 saturated heterocycles. The van der Waals surface area contributed by atoms with Crippen LogP contribution in [0.25, 0.3) is 0 Å². The van der Waals surface area contributed by atoms with E-state index >= 15 is 0 Å². The largest absolute Gasteiger partial charge is 0.0885 e. The first-order chi connectivity index (χ1) is 14.4. The first-order valence-electron chi connectivity index (χ1n) is 13.6. The molecule has 172 valence electrons. The van der Waals surface area contributed by atoms with E-state index < -0.39 is 0 Å². The molecule has 29 heavy (non-hydrogen) atoms. The van der Waals surface area contributed by atoms with Gasteiger partial charge in [0.1, 0.15) is 0 Å². The van der Waals surface area contributed by atoms with E-state index in [-0.39, 0.29) is 0 Å². The van der Waals surface area contributed by atoms with Crippen LogP contribution in [0.3, 0.4) is 0 Å². The Balaban J connectivity index is 3.04. The van der Waals surface area contributed by atoms with Crippen molar-refractivity contribution in [1.29, 1.82) is 0 Å². The van der Waals surface area contributed by atoms with E-state index in [9.17, 15) is 0 Å². The van der Waals surface area contributed by atoms with Gasteiger partial charge < -0.3 is 0 Å². The molecule has 0 aromatic rings. The Morgan fingerprint density at radius 1 is 0.276 bits per heavy atom. The van der Waals surface area contributed by atoms with Crippen LogP contribution in [-0.4, -0.2) is 0 Å². The summed E-state index contributed by atoms with van der Waals surface area (Å²) in [5.41, 5.74) is 0. The molecule has 0 N–H and O–H groups in total. The lowest BCUT2D eigenvalue weighted by molar-refractivity contribution is 0.531. The fraction of sp³-hybridized carbons (Fsp3) is 0.862. The van der Waals surface area contributed by atoms with Gasteiger partial charge in [0.25, 0.3) is 0 Å². The molecule has 0 atom stereocenters. The number of unbranched alkanes of at least 4 members (excludes halogenated alkanes) is 23. The van der Waals surface area contributed by atoms with E-state index in [0.717, 1.165) is 12.8 Å². The Morgan fingerprint density at radius 3 is 0.724 bits per heavy atom. The minimum atomic E-state index is 1.11. The predicted molar refractivity (Wildman–Crippen MR) is 135 cm³/mol. The van der Waals surface area contributed by atoms with Crippen molar-refractivity contribution in [2.24, 2.45) is 0 Å². The summed E-state index contributed by atoms with van der Waals surface area (Å²) in [7, 11) is 0. The van der Waals surface area contributed by atoms with Gasteiger partial charge in [0.2, 0.25) is 0 Å². The van der Waals surface area contributed by atoms with Gasteiger partial charge >= 0.3 is 0 Å². The Hall–Kier alpha value is -0.260. The van der Waals surface area contributed by atoms with Gasteiger partial charge in [-0.05, 0) is 25.7 Å². The minimum absolute atomic E-state index is 1.11. The van der Waals surface area contributed by atoms with Gasteiger partial charge in [-0.2, -0.15) is 0 Å². The van der Waals surface area contributed by atoms with Crippen LogP contribution in [0.1, 0.15) is 161 Å². The average Bonchev–Trinajstić information content (AvgIpc) is 2.74. The first kappa shape index (κ1) is 28.7. The van der Waals surface area contributed by atoms with E-state index in [1.54, 1.807) is 0 Å². The summed E-state index contributed by atoms with van der Waals surface area (Å²) in [6, 6.07) is 0. The zero-order chi connectivity index (χ0) is 21.1. The van der Waals surface area contributed by atoms with Gasteiger partial charge in [-0.1, -0.05) is 161 Å². The SMILES string of the molecule is [CH2]CCCCCCCC/C=C/CCCCCCCCCCCCCCCCC[CH2]. The van der Waals surface area contributed by atoms with Gasteiger partial charge in [-0.3, -0.25) is 0 Å². The van der Waals surface area contributed by atoms with Crippen molar-refractivity contribution >= 4 is 0 Å². The molecule has 0 rings (SSSR count). The first-order valence-corrected chi connectivity index (χ1v) is 13.6. The lowest BCUT2D eigenvalue weighted by Crippen LogP contribution is -1.83. The maximum atomic E-state index is 3.91. The van der Waals surface area contributed by atoms with Gasteiger partial charge in [0.05, 0.1) is 0 Å². The molecule has 0 amide bonds. The van der Waals surface area contributed by atoms with Crippen LogP contribution in [0.5, 0.6) is 0 Å². The van der Waals surface area contributed by atoms with Gasteiger partial charge in [0, 0.05) is 0 Å². The molecular weight excluding hydrogens is 348 g/mol. The van der Waals surface area contributed by atoms with Crippen molar-refractivity contribution in [3.05, 3.63) is 26.0 Å². The molecule has 0 aliphatic carbocycles. The van der Waals surface area contributed by atoms with Crippen molar-refractivity contribution in [3.63, 3.8) is 0 Å². The van der Waals surface area contributed by atoms with E-state index in [1.807, 2.05) is 0 Å². The number of hydrogen-bond acceptors (Lipinski definition) is 0. The van der Waals surface area contributed by atoms with Crippen molar-refractivity contribution in [1.82, 2.24) is 0 Å². The quantitative estimate of drug-likeness (QED) is 0.105. The van der Waals surface area contributed by atoms with E-state index in [1.165, 1.54) is 148 Å². The van der Waals surface area contributed by atoms with Crippen LogP contribution < -0.4 is 0 Å². The Bertz CT molecular complexity index is 290. The predicted octanol–water partition coefficient (Wildman–Crippen LogP) is 11.0. The van der Waals surface area contributed by atoms with Crippen molar-refractivity contribution in [2.75, 3.05) is 0 Å². The zero-order valence-corrected chi connectivity index (χ0v) is 20.2. The van der Waals surface area contributed by atoms with Gasteiger partial charge in [0.15, 0.2) is 0 Å². The molecule has 0 fully saturated rings. The highest BCUT2D eigenvalue weighted by Gasteiger charge is 1.94. The molecular formula is C29H56. The number of rotatable bonds is 25. The lowest BCUT2D eigenvalue weighted by atomic mass is 10.0. The highest BCUT2D eigenvalue weighted by molar-refractivity contribution is 4.81. The fourth-order valence-electron chi connectivity index (χ4n) is 4.12. The molecule has 0 aliphatic rings. The summed E-state index contributed by atoms with van der Waals surface area (Å²) in [6.45, 7) is 7.82. The monoisotopic (exact) mass is 404 g/mol. The fourth-order valence-corrected chi connectivity index (χ4v) is 4.12. The third-order valence-corrected chi connectivity index (χ3v) is 6.16.